The van der Waals surface area contributed by atoms with Crippen LogP contribution in [0, 0.1) is 0 Å². The van der Waals surface area contributed by atoms with Crippen molar-refractivity contribution in [1.82, 2.24) is 14.9 Å². The van der Waals surface area contributed by atoms with Crippen LogP contribution in [0.15, 0.2) is 70.8 Å². The minimum Gasteiger partial charge on any atom is -0.340 e. The van der Waals surface area contributed by atoms with Crippen LogP contribution in [0.2, 0.25) is 0 Å². The average molecular weight is 444 g/mol. The number of rotatable bonds is 4. The van der Waals surface area contributed by atoms with E-state index in [1.165, 1.54) is 6.42 Å². The third-order valence-electron chi connectivity index (χ3n) is 6.06. The minimum absolute atomic E-state index is 0.000365. The zero-order chi connectivity index (χ0) is 21.9. The molecule has 32 heavy (non-hydrogen) atoms. The lowest BCUT2D eigenvalue weighted by Gasteiger charge is -2.19. The zero-order valence-corrected chi connectivity index (χ0v) is 18.6. The maximum absolute atomic E-state index is 13.2. The van der Waals surface area contributed by atoms with Gasteiger partial charge in [-0.3, -0.25) is 14.2 Å². The second-order valence-corrected chi connectivity index (χ2v) is 9.19. The van der Waals surface area contributed by atoms with Gasteiger partial charge in [0.2, 0.25) is 0 Å². The average Bonchev–Trinajstić information content (AvgIpc) is 3.33. The largest absolute Gasteiger partial charge is 0.340 e. The molecule has 162 valence electrons. The molecule has 1 unspecified atom stereocenters. The first-order valence-electron chi connectivity index (χ1n) is 11.1. The number of nitrogens with zero attached hydrogens (tertiary/aromatic N) is 2. The Morgan fingerprint density at radius 3 is 2.66 bits per heavy atom. The topological polar surface area (TPSA) is 64.0 Å². The van der Waals surface area contributed by atoms with Crippen molar-refractivity contribution in [2.75, 3.05) is 0 Å². The quantitative estimate of drug-likeness (QED) is 0.478. The molecule has 0 spiro atoms. The molecule has 2 aromatic carbocycles. The Morgan fingerprint density at radius 2 is 1.84 bits per heavy atom. The number of amides is 1. The summed E-state index contributed by atoms with van der Waals surface area (Å²) in [5.74, 6) is 0.656. The fourth-order valence-corrected chi connectivity index (χ4v) is 5.17. The van der Waals surface area contributed by atoms with Crippen molar-refractivity contribution in [2.24, 2.45) is 0 Å². The molecule has 0 fully saturated rings. The van der Waals surface area contributed by atoms with Gasteiger partial charge in [-0.05, 0) is 48.1 Å². The Balaban J connectivity index is 1.49. The molecule has 2 aromatic heterocycles. The van der Waals surface area contributed by atoms with Crippen LogP contribution in [0.4, 0.5) is 0 Å². The molecule has 0 saturated carbocycles. The highest BCUT2D eigenvalue weighted by Crippen LogP contribution is 2.26. The molecule has 0 bridgehead atoms. The summed E-state index contributed by atoms with van der Waals surface area (Å²) in [6.07, 6.45) is 5.16. The number of aromatic nitrogens is 2. The monoisotopic (exact) mass is 443 g/mol. The number of carbonyl (C=O) groups excluding carboxylic acids is 1. The summed E-state index contributed by atoms with van der Waals surface area (Å²) in [5.41, 5.74) is 2.14. The van der Waals surface area contributed by atoms with E-state index in [1.54, 1.807) is 29.5 Å². The molecule has 5 rings (SSSR count). The Morgan fingerprint density at radius 1 is 1.00 bits per heavy atom. The molecule has 0 saturated heterocycles. The first-order valence-corrected chi connectivity index (χ1v) is 12.0. The van der Waals surface area contributed by atoms with Crippen molar-refractivity contribution in [3.63, 3.8) is 0 Å². The summed E-state index contributed by atoms with van der Waals surface area (Å²) in [7, 11) is 0. The van der Waals surface area contributed by atoms with E-state index < -0.39 is 0 Å². The van der Waals surface area contributed by atoms with Crippen molar-refractivity contribution in [3.05, 3.63) is 98.2 Å². The number of nitrogens with one attached hydrogen (secondary N) is 1. The Hall–Kier alpha value is -3.25. The third-order valence-corrected chi connectivity index (χ3v) is 7.00. The molecule has 1 aliphatic heterocycles. The van der Waals surface area contributed by atoms with Gasteiger partial charge in [0.05, 0.1) is 16.9 Å². The molecular weight excluding hydrogens is 418 g/mol. The SMILES string of the molecule is O=C(NC(c1ccccc1)c1cccs1)c1ccc2c(=O)n3c(nc2c1)CCCCCC3. The van der Waals surface area contributed by atoms with Gasteiger partial charge in [0.15, 0.2) is 0 Å². The highest BCUT2D eigenvalue weighted by atomic mass is 32.1. The van der Waals surface area contributed by atoms with Crippen LogP contribution >= 0.6 is 11.3 Å². The number of hydrogen-bond acceptors (Lipinski definition) is 4. The lowest BCUT2D eigenvalue weighted by Crippen LogP contribution is -2.29. The molecule has 4 aromatic rings. The summed E-state index contributed by atoms with van der Waals surface area (Å²) >= 11 is 1.62. The smallest absolute Gasteiger partial charge is 0.261 e. The molecule has 6 heteroatoms. The van der Waals surface area contributed by atoms with E-state index in [0.29, 0.717) is 16.5 Å². The maximum Gasteiger partial charge on any atom is 0.261 e. The highest BCUT2D eigenvalue weighted by molar-refractivity contribution is 7.10. The van der Waals surface area contributed by atoms with E-state index in [9.17, 15) is 9.59 Å². The zero-order valence-electron chi connectivity index (χ0n) is 17.8. The van der Waals surface area contributed by atoms with Crippen molar-refractivity contribution in [2.45, 2.75) is 44.7 Å². The van der Waals surface area contributed by atoms with Crippen LogP contribution in [0.3, 0.4) is 0 Å². The van der Waals surface area contributed by atoms with Crippen molar-refractivity contribution >= 4 is 28.1 Å². The Bertz CT molecular complexity index is 1300. The lowest BCUT2D eigenvalue weighted by molar-refractivity contribution is 0.0943. The van der Waals surface area contributed by atoms with Crippen molar-refractivity contribution < 1.29 is 4.79 Å². The fraction of sp³-hybridized carbons (Fsp3) is 0.269. The first-order chi connectivity index (χ1) is 15.7. The second-order valence-electron chi connectivity index (χ2n) is 8.21. The molecule has 1 amide bonds. The van der Waals surface area contributed by atoms with Crippen molar-refractivity contribution in [3.8, 4) is 0 Å². The van der Waals surface area contributed by atoms with Crippen LogP contribution in [0.1, 0.15) is 58.3 Å². The fourth-order valence-electron chi connectivity index (χ4n) is 4.37. The summed E-state index contributed by atoms with van der Waals surface area (Å²) in [6, 6.07) is 19.0. The van der Waals surface area contributed by atoms with E-state index in [4.69, 9.17) is 4.98 Å². The maximum atomic E-state index is 13.2. The number of carbonyl (C=O) groups is 1. The predicted molar refractivity (Wildman–Crippen MR) is 128 cm³/mol. The number of fused-ring (bicyclic) bond motifs is 2. The van der Waals surface area contributed by atoms with Gasteiger partial charge in [0, 0.05) is 23.4 Å². The van der Waals surface area contributed by atoms with Gasteiger partial charge in [0.1, 0.15) is 5.82 Å². The molecular formula is C26H25N3O2S. The number of benzene rings is 2. The highest BCUT2D eigenvalue weighted by Gasteiger charge is 2.20. The molecule has 1 N–H and O–H groups in total. The van der Waals surface area contributed by atoms with E-state index in [1.807, 2.05) is 52.4 Å². The van der Waals surface area contributed by atoms with Gasteiger partial charge in [-0.25, -0.2) is 4.98 Å². The van der Waals surface area contributed by atoms with E-state index in [2.05, 4.69) is 5.32 Å². The first kappa shape index (κ1) is 20.6. The van der Waals surface area contributed by atoms with E-state index in [0.717, 1.165) is 48.5 Å². The van der Waals surface area contributed by atoms with Gasteiger partial charge in [-0.2, -0.15) is 0 Å². The number of thiophene rings is 1. The number of aryl methyl sites for hydroxylation is 1. The molecule has 1 aliphatic rings. The molecule has 3 heterocycles. The summed E-state index contributed by atoms with van der Waals surface area (Å²) < 4.78 is 1.82. The van der Waals surface area contributed by atoms with Gasteiger partial charge in [-0.1, -0.05) is 49.2 Å². The van der Waals surface area contributed by atoms with E-state index in [-0.39, 0.29) is 17.5 Å². The summed E-state index contributed by atoms with van der Waals surface area (Å²) in [5, 5.41) is 5.76. The van der Waals surface area contributed by atoms with Crippen LogP contribution in [0.5, 0.6) is 0 Å². The summed E-state index contributed by atoms with van der Waals surface area (Å²) in [6.45, 7) is 0.721. The van der Waals surface area contributed by atoms with Crippen molar-refractivity contribution in [1.29, 1.82) is 0 Å². The molecule has 0 radical (unpaired) electrons. The number of hydrogen-bond donors (Lipinski definition) is 1. The third kappa shape index (κ3) is 4.10. The molecule has 5 nitrogen and oxygen atoms in total. The second kappa shape index (κ2) is 9.09. The minimum atomic E-state index is -0.228. The van der Waals surface area contributed by atoms with Gasteiger partial charge in [-0.15, -0.1) is 11.3 Å². The molecule has 1 atom stereocenters. The Labute approximate surface area is 190 Å². The molecule has 0 aliphatic carbocycles. The van der Waals surface area contributed by atoms with E-state index >= 15 is 0 Å². The lowest BCUT2D eigenvalue weighted by atomic mass is 10.0. The standard InChI is InChI=1S/C26H25N3O2S/c30-25(28-24(22-11-8-16-32-22)18-9-4-3-5-10-18)19-13-14-20-21(17-19)27-23-12-6-1-2-7-15-29(23)26(20)31/h3-5,8-11,13-14,16-17,24H,1-2,6-7,12,15H2,(H,28,30). The van der Waals surface area contributed by atoms with Gasteiger partial charge in [0.25, 0.3) is 11.5 Å². The van der Waals surface area contributed by atoms with Crippen LogP contribution in [0.25, 0.3) is 10.9 Å². The van der Waals surface area contributed by atoms with Crippen LogP contribution in [-0.2, 0) is 13.0 Å². The summed E-state index contributed by atoms with van der Waals surface area (Å²) in [4.78, 5) is 32.2. The predicted octanol–water partition coefficient (Wildman–Crippen LogP) is 5.09. The Kier molecular flexibility index (Phi) is 5.86. The normalized spacial score (nSPS) is 14.9. The van der Waals surface area contributed by atoms with Gasteiger partial charge < -0.3 is 5.32 Å². The van der Waals surface area contributed by atoms with Crippen LogP contribution in [-0.4, -0.2) is 15.5 Å². The van der Waals surface area contributed by atoms with Crippen LogP contribution < -0.4 is 10.9 Å². The van der Waals surface area contributed by atoms with Gasteiger partial charge >= 0.3 is 0 Å².